The first-order valence-electron chi connectivity index (χ1n) is 6.96. The van der Waals surface area contributed by atoms with E-state index in [9.17, 15) is 0 Å². The second kappa shape index (κ2) is 6.55. The molecule has 0 spiro atoms. The molecule has 0 saturated heterocycles. The molecule has 0 N–H and O–H groups in total. The third-order valence-electron chi connectivity index (χ3n) is 3.73. The molecule has 0 bridgehead atoms. The van der Waals surface area contributed by atoms with Crippen molar-refractivity contribution in [3.8, 4) is 0 Å². The maximum absolute atomic E-state index is 5.63. The highest BCUT2D eigenvalue weighted by atomic mass is 16.7. The summed E-state index contributed by atoms with van der Waals surface area (Å²) in [6.45, 7) is 12.4. The molecule has 0 aromatic carbocycles. The Bertz CT molecular complexity index is 250. The first-order chi connectivity index (χ1) is 8.01. The number of ether oxygens (including phenoxy) is 2. The van der Waals surface area contributed by atoms with E-state index in [1.165, 1.54) is 24.8 Å². The maximum atomic E-state index is 5.63. The zero-order valence-electron chi connectivity index (χ0n) is 12.1. The van der Waals surface area contributed by atoms with Crippen molar-refractivity contribution in [3.63, 3.8) is 0 Å². The van der Waals surface area contributed by atoms with Crippen molar-refractivity contribution in [2.75, 3.05) is 13.2 Å². The number of hydrogen-bond acceptors (Lipinski definition) is 2. The van der Waals surface area contributed by atoms with Gasteiger partial charge in [0.2, 0.25) is 0 Å². The first-order valence-corrected chi connectivity index (χ1v) is 6.96. The normalized spacial score (nSPS) is 26.7. The van der Waals surface area contributed by atoms with E-state index >= 15 is 0 Å². The van der Waals surface area contributed by atoms with Gasteiger partial charge in [-0.25, -0.2) is 0 Å². The van der Waals surface area contributed by atoms with Gasteiger partial charge >= 0.3 is 0 Å². The molecule has 1 saturated carbocycles. The molecule has 0 aromatic heterocycles. The number of allylic oxidation sites excluding steroid dienone is 1. The molecular weight excluding hydrogens is 212 g/mol. The molecule has 1 rings (SSSR count). The molecule has 2 nitrogen and oxygen atoms in total. The summed E-state index contributed by atoms with van der Waals surface area (Å²) in [5.41, 5.74) is 1.81. The molecule has 0 aromatic rings. The summed E-state index contributed by atoms with van der Waals surface area (Å²) in [6, 6.07) is 0. The monoisotopic (exact) mass is 240 g/mol. The molecule has 1 unspecified atom stereocenters. The SMILES string of the molecule is CCOC(C=C1C(C)CCCC1(C)C)OCC. The third kappa shape index (κ3) is 4.11. The summed E-state index contributed by atoms with van der Waals surface area (Å²) in [4.78, 5) is 0. The van der Waals surface area contributed by atoms with Gasteiger partial charge in [-0.1, -0.05) is 32.8 Å². The maximum Gasteiger partial charge on any atom is 0.177 e. The molecule has 0 amide bonds. The Labute approximate surface area is 106 Å². The van der Waals surface area contributed by atoms with E-state index in [4.69, 9.17) is 9.47 Å². The molecule has 0 heterocycles. The fourth-order valence-corrected chi connectivity index (χ4v) is 2.83. The van der Waals surface area contributed by atoms with Crippen LogP contribution in [0.15, 0.2) is 11.6 Å². The van der Waals surface area contributed by atoms with Crippen LogP contribution in [0.25, 0.3) is 0 Å². The van der Waals surface area contributed by atoms with Gasteiger partial charge in [0.15, 0.2) is 6.29 Å². The predicted octanol–water partition coefficient (Wildman–Crippen LogP) is 4.16. The van der Waals surface area contributed by atoms with Gasteiger partial charge in [0, 0.05) is 13.2 Å². The van der Waals surface area contributed by atoms with Gasteiger partial charge in [0.25, 0.3) is 0 Å². The highest BCUT2D eigenvalue weighted by Gasteiger charge is 2.31. The second-order valence-corrected chi connectivity index (χ2v) is 5.58. The fraction of sp³-hybridized carbons (Fsp3) is 0.867. The van der Waals surface area contributed by atoms with E-state index in [1.807, 2.05) is 13.8 Å². The lowest BCUT2D eigenvalue weighted by molar-refractivity contribution is -0.105. The van der Waals surface area contributed by atoms with Crippen LogP contribution < -0.4 is 0 Å². The van der Waals surface area contributed by atoms with Crippen molar-refractivity contribution < 1.29 is 9.47 Å². The van der Waals surface area contributed by atoms with E-state index in [2.05, 4.69) is 26.8 Å². The minimum atomic E-state index is -0.167. The van der Waals surface area contributed by atoms with Crippen LogP contribution in [0.5, 0.6) is 0 Å². The van der Waals surface area contributed by atoms with Crippen LogP contribution in [-0.4, -0.2) is 19.5 Å². The van der Waals surface area contributed by atoms with Crippen LogP contribution >= 0.6 is 0 Å². The van der Waals surface area contributed by atoms with Gasteiger partial charge in [0.1, 0.15) is 0 Å². The van der Waals surface area contributed by atoms with Crippen LogP contribution in [0.2, 0.25) is 0 Å². The zero-order chi connectivity index (χ0) is 12.9. The van der Waals surface area contributed by atoms with E-state index in [-0.39, 0.29) is 6.29 Å². The van der Waals surface area contributed by atoms with Gasteiger partial charge < -0.3 is 9.47 Å². The van der Waals surface area contributed by atoms with Crippen LogP contribution in [0, 0.1) is 11.3 Å². The van der Waals surface area contributed by atoms with Crippen molar-refractivity contribution in [3.05, 3.63) is 11.6 Å². The highest BCUT2D eigenvalue weighted by molar-refractivity contribution is 5.18. The fourth-order valence-electron chi connectivity index (χ4n) is 2.83. The van der Waals surface area contributed by atoms with Gasteiger partial charge in [-0.2, -0.15) is 0 Å². The van der Waals surface area contributed by atoms with Gasteiger partial charge in [-0.15, -0.1) is 0 Å². The summed E-state index contributed by atoms with van der Waals surface area (Å²) in [6.07, 6.45) is 5.95. The van der Waals surface area contributed by atoms with Gasteiger partial charge in [-0.05, 0) is 44.1 Å². The second-order valence-electron chi connectivity index (χ2n) is 5.58. The average molecular weight is 240 g/mol. The molecule has 17 heavy (non-hydrogen) atoms. The first kappa shape index (κ1) is 14.7. The van der Waals surface area contributed by atoms with Crippen molar-refractivity contribution in [1.29, 1.82) is 0 Å². The minimum Gasteiger partial charge on any atom is -0.349 e. The van der Waals surface area contributed by atoms with E-state index < -0.39 is 0 Å². The third-order valence-corrected chi connectivity index (χ3v) is 3.73. The molecule has 1 aliphatic rings. The Balaban J connectivity index is 2.83. The Hall–Kier alpha value is -0.340. The smallest absolute Gasteiger partial charge is 0.177 e. The van der Waals surface area contributed by atoms with Crippen molar-refractivity contribution in [2.45, 2.75) is 60.2 Å². The van der Waals surface area contributed by atoms with Gasteiger partial charge in [0.05, 0.1) is 0 Å². The molecule has 100 valence electrons. The molecule has 2 heteroatoms. The molecule has 0 radical (unpaired) electrons. The Morgan fingerprint density at radius 2 is 1.88 bits per heavy atom. The van der Waals surface area contributed by atoms with E-state index in [1.54, 1.807) is 0 Å². The van der Waals surface area contributed by atoms with Crippen molar-refractivity contribution in [2.24, 2.45) is 11.3 Å². The summed E-state index contributed by atoms with van der Waals surface area (Å²) in [5, 5.41) is 0. The lowest BCUT2D eigenvalue weighted by atomic mass is 9.68. The Morgan fingerprint density at radius 1 is 1.29 bits per heavy atom. The summed E-state index contributed by atoms with van der Waals surface area (Å²) in [7, 11) is 0. The van der Waals surface area contributed by atoms with Crippen molar-refractivity contribution >= 4 is 0 Å². The molecule has 1 atom stereocenters. The predicted molar refractivity (Wildman–Crippen MR) is 71.9 cm³/mol. The lowest BCUT2D eigenvalue weighted by Gasteiger charge is -2.38. The topological polar surface area (TPSA) is 18.5 Å². The van der Waals surface area contributed by atoms with Crippen LogP contribution in [0.4, 0.5) is 0 Å². The van der Waals surface area contributed by atoms with Crippen LogP contribution in [0.1, 0.15) is 53.9 Å². The lowest BCUT2D eigenvalue weighted by Crippen LogP contribution is -2.27. The van der Waals surface area contributed by atoms with Gasteiger partial charge in [-0.3, -0.25) is 0 Å². The van der Waals surface area contributed by atoms with Crippen LogP contribution in [-0.2, 0) is 9.47 Å². The quantitative estimate of drug-likeness (QED) is 0.530. The van der Waals surface area contributed by atoms with Crippen LogP contribution in [0.3, 0.4) is 0 Å². The Kier molecular flexibility index (Phi) is 5.68. The molecule has 1 fully saturated rings. The zero-order valence-corrected chi connectivity index (χ0v) is 12.1. The van der Waals surface area contributed by atoms with E-state index in [0.29, 0.717) is 24.5 Å². The summed E-state index contributed by atoms with van der Waals surface area (Å²) in [5.74, 6) is 0.655. The minimum absolute atomic E-state index is 0.167. The highest BCUT2D eigenvalue weighted by Crippen LogP contribution is 2.43. The standard InChI is InChI=1S/C15H28O2/c1-6-16-14(17-7-2)11-13-12(3)9-8-10-15(13,4)5/h11-12,14H,6-10H2,1-5H3. The largest absolute Gasteiger partial charge is 0.349 e. The van der Waals surface area contributed by atoms with Crippen molar-refractivity contribution in [1.82, 2.24) is 0 Å². The Morgan fingerprint density at radius 3 is 2.35 bits per heavy atom. The molecule has 0 aliphatic heterocycles. The summed E-state index contributed by atoms with van der Waals surface area (Å²) < 4.78 is 11.3. The van der Waals surface area contributed by atoms with E-state index in [0.717, 1.165) is 0 Å². The summed E-state index contributed by atoms with van der Waals surface area (Å²) >= 11 is 0. The molecule has 1 aliphatic carbocycles. The average Bonchev–Trinajstić information content (AvgIpc) is 2.24. The number of hydrogen-bond donors (Lipinski definition) is 0. The number of rotatable bonds is 5. The molecular formula is C15H28O2.